The molecule has 10 aliphatic rings. The molecule has 9 N–H and O–H groups in total. The van der Waals surface area contributed by atoms with Crippen LogP contribution in [0.15, 0.2) is 56.8 Å². The lowest BCUT2D eigenvalue weighted by Crippen LogP contribution is -2.44. The Bertz CT molecular complexity index is 6570. The van der Waals surface area contributed by atoms with Crippen molar-refractivity contribution in [3.63, 3.8) is 0 Å². The number of cyclic esters (lactones) is 3. The highest BCUT2D eigenvalue weighted by atomic mass is 19.1. The number of carbonyl (C=O) groups is 10. The van der Waals surface area contributed by atoms with Gasteiger partial charge in [-0.3, -0.25) is 38.4 Å². The van der Waals surface area contributed by atoms with Gasteiger partial charge in [0.1, 0.15) is 54.7 Å². The van der Waals surface area contributed by atoms with Crippen LogP contribution in [0.25, 0.3) is 44.6 Å². The van der Waals surface area contributed by atoms with Gasteiger partial charge in [-0.1, -0.05) is 50.5 Å². The molecule has 2 amide bonds. The van der Waals surface area contributed by atoms with Crippen LogP contribution in [0.3, 0.4) is 0 Å². The van der Waals surface area contributed by atoms with Crippen molar-refractivity contribution in [2.24, 2.45) is 17.6 Å². The summed E-state index contributed by atoms with van der Waals surface area (Å²) in [5, 5.41) is 39.8. The van der Waals surface area contributed by atoms with Crippen LogP contribution in [0.1, 0.15) is 286 Å². The quantitative estimate of drug-likeness (QED) is 0.0305. The number of pyridine rings is 5. The Hall–Kier alpha value is -12.4. The van der Waals surface area contributed by atoms with Crippen molar-refractivity contribution in [1.29, 1.82) is 0 Å². The van der Waals surface area contributed by atoms with Crippen LogP contribution in [0.4, 0.5) is 28.9 Å². The van der Waals surface area contributed by atoms with Crippen molar-refractivity contribution in [3.05, 3.63) is 214 Å². The standard InChI is InChI=1S/C26H24FN3O5.C24H22FN3O4.C16H18FNO3.C14H16FNO2.C13H13NO5.4CH4/c1-4-26(34)16-7-20-23-14(9-30(20)24(32)15(16)10-35-25(26)33)22-18(28-12(3)31)6-5-13-11(2)17(27)8-19(29-23)21(13)22;1-3-24(31)14-6-18-21-12(8-28(18)22(29)13(14)9-32-23(24)30)19-16(26)5-4-11-10(2)15(25)7-17(27-21)20(11)19;1-8(19)6-11-4-5-12-9(2)13(17)7-14(18-10(3)20)15(12)16(11)21;1-7(17)5-9-3-4-10-8(2)11(15)6-12(16)13(10)14(9)18;1-2-13(18)8-5-9-10(15)3-4-14(9)11(16)7(8)6-19-12(13)17;;;;/h7-8,18,34H,4-6,9-10H2,1-3H3,(H,28,31);6-7,16,31H,3-5,8-9,26H2,1-2H3;7,11H,4-6H2,1-3H3,(H,18,20);6,9H,3-5,16H2,1-2H3;5,18H,2-4,6H2,1H3;4*1H4/t18?,26-;16-,24-;;;13-;;;;/m00..0..../s1. The van der Waals surface area contributed by atoms with Crippen LogP contribution in [0, 0.1) is 62.8 Å². The summed E-state index contributed by atoms with van der Waals surface area (Å²) < 4.78 is 76.7. The summed E-state index contributed by atoms with van der Waals surface area (Å²) in [7, 11) is 0. The maximum atomic E-state index is 14.8. The molecule has 6 aliphatic heterocycles. The number of nitrogens with one attached hydrogen (secondary N) is 2. The van der Waals surface area contributed by atoms with E-state index in [9.17, 15) is 95.2 Å². The first-order valence-corrected chi connectivity index (χ1v) is 41.7. The Morgan fingerprint density at radius 3 is 1.29 bits per heavy atom. The lowest BCUT2D eigenvalue weighted by molar-refractivity contribution is -0.172. The molecular formula is C97H109F4N9O19. The SMILES string of the molecule is C.C.C.C.CC(=O)CC1CCc2c(C)c(F)cc(N)c2C1=O.CC(=O)CC1CCc2c(C)c(F)cc(NC(C)=O)c2C1=O.CC[C@@]1(O)C(=O)OCc2c1cc1n(c2=O)CCC1=O.CC[C@@]1(O)C(=O)OCc2c1cc1n(c2=O)Cc2c-1nc1cc(F)c(C)c3c1c2C(NC(C)=O)CC3.CC[C@@]1(O)C(=O)OCc2c1cc1n(c2=O)Cc2c-1nc1cc(F)c(C)c3c1c2[C@@H](N)CC3. The van der Waals surface area contributed by atoms with Gasteiger partial charge in [0.05, 0.1) is 81.0 Å². The molecule has 7 atom stereocenters. The highest BCUT2D eigenvalue weighted by molar-refractivity contribution is 6.09. The Kier molecular flexibility index (Phi) is 27.3. The van der Waals surface area contributed by atoms with Crippen LogP contribution in [-0.2, 0) is 130 Å². The van der Waals surface area contributed by atoms with Crippen LogP contribution in [0.5, 0.6) is 0 Å². The summed E-state index contributed by atoms with van der Waals surface area (Å²) in [5.74, 6) is -5.51. The van der Waals surface area contributed by atoms with Crippen molar-refractivity contribution in [2.45, 2.75) is 264 Å². The Morgan fingerprint density at radius 2 is 0.853 bits per heavy atom. The van der Waals surface area contributed by atoms with Gasteiger partial charge >= 0.3 is 17.9 Å². The number of Topliss-reactive ketones (excluding diaryl/α,β-unsaturated/α-hetero) is 5. The van der Waals surface area contributed by atoms with Gasteiger partial charge in [0.2, 0.25) is 11.8 Å². The molecule has 3 unspecified atom stereocenters. The average molecular weight is 1780 g/mol. The Morgan fingerprint density at radius 1 is 0.473 bits per heavy atom. The zero-order valence-electron chi connectivity index (χ0n) is 70.8. The second-order valence-corrected chi connectivity index (χ2v) is 33.9. The number of amides is 2. The Balaban J connectivity index is 0.000000159. The lowest BCUT2D eigenvalue weighted by Gasteiger charge is -2.31. The Labute approximate surface area is 741 Å². The molecule has 684 valence electrons. The maximum absolute atomic E-state index is 14.8. The van der Waals surface area contributed by atoms with E-state index in [1.54, 1.807) is 69.7 Å². The number of ketones is 5. The van der Waals surface area contributed by atoms with E-state index in [2.05, 4.69) is 10.6 Å². The summed E-state index contributed by atoms with van der Waals surface area (Å²) in [6.45, 7) is 17.8. The third-order valence-corrected chi connectivity index (χ3v) is 26.5. The number of hydrogen-bond donors (Lipinski definition) is 7. The van der Waals surface area contributed by atoms with E-state index < -0.39 is 40.5 Å². The van der Waals surface area contributed by atoms with Crippen molar-refractivity contribution < 1.29 is 95.0 Å². The molecular weight excluding hydrogens is 1670 g/mol. The van der Waals surface area contributed by atoms with Gasteiger partial charge < -0.3 is 74.9 Å². The molecule has 11 heterocycles. The third-order valence-electron chi connectivity index (χ3n) is 26.5. The number of aromatic nitrogens is 5. The highest BCUT2D eigenvalue weighted by Crippen LogP contribution is 2.50. The summed E-state index contributed by atoms with van der Waals surface area (Å²) in [4.78, 5) is 168. The molecule has 19 rings (SSSR count). The number of ether oxygens (including phenoxy) is 3. The van der Waals surface area contributed by atoms with Crippen LogP contribution < -0.4 is 38.8 Å². The van der Waals surface area contributed by atoms with Crippen molar-refractivity contribution in [1.82, 2.24) is 29.0 Å². The normalized spacial score (nSPS) is 20.7. The number of halogens is 4. The first kappa shape index (κ1) is 97.2. The fourth-order valence-corrected chi connectivity index (χ4v) is 19.7. The van der Waals surface area contributed by atoms with Crippen molar-refractivity contribution >= 4 is 91.8 Å². The molecule has 0 bridgehead atoms. The number of fused-ring (bicyclic) bond motifs is 14. The van der Waals surface area contributed by atoms with E-state index >= 15 is 0 Å². The molecule has 0 spiro atoms. The zero-order chi connectivity index (χ0) is 90.3. The molecule has 4 aromatic carbocycles. The fraction of sp³-hybridized carbons (Fsp3) is 0.433. The molecule has 129 heavy (non-hydrogen) atoms. The van der Waals surface area contributed by atoms with Crippen LogP contribution in [-0.4, -0.2) is 97.6 Å². The average Bonchev–Trinajstić information content (AvgIpc) is 1.59. The molecule has 0 radical (unpaired) electrons. The minimum absolute atomic E-state index is 0. The number of hydrogen-bond acceptors (Lipinski definition) is 23. The molecule has 5 aromatic heterocycles. The van der Waals surface area contributed by atoms with Gasteiger partial charge in [0.15, 0.2) is 34.2 Å². The molecule has 0 saturated heterocycles. The van der Waals surface area contributed by atoms with Gasteiger partial charge in [-0.2, -0.15) is 0 Å². The summed E-state index contributed by atoms with van der Waals surface area (Å²) >= 11 is 0. The number of carbonyl (C=O) groups excluding carboxylic acids is 10. The minimum atomic E-state index is -1.93. The second kappa shape index (κ2) is 36.3. The number of aliphatic hydroxyl groups is 3. The van der Waals surface area contributed by atoms with Gasteiger partial charge in [-0.25, -0.2) is 41.9 Å². The fourth-order valence-electron chi connectivity index (χ4n) is 19.7. The van der Waals surface area contributed by atoms with E-state index in [1.165, 1.54) is 62.6 Å². The number of nitrogen functional groups attached to an aromatic ring is 1. The third kappa shape index (κ3) is 16.1. The van der Waals surface area contributed by atoms with Gasteiger partial charge in [0, 0.05) is 125 Å². The van der Waals surface area contributed by atoms with Gasteiger partial charge in [-0.05, 0) is 198 Å². The number of esters is 3. The minimum Gasteiger partial charge on any atom is -0.458 e. The molecule has 28 nitrogen and oxygen atoms in total. The van der Waals surface area contributed by atoms with Crippen molar-refractivity contribution in [2.75, 3.05) is 11.1 Å². The van der Waals surface area contributed by atoms with Crippen LogP contribution in [0.2, 0.25) is 0 Å². The highest BCUT2D eigenvalue weighted by Gasteiger charge is 2.50. The monoisotopic (exact) mass is 1780 g/mol. The number of nitrogens with two attached hydrogens (primary N) is 2. The number of rotatable bonds is 9. The number of nitrogens with zero attached hydrogens (tertiary/aromatic N) is 5. The van der Waals surface area contributed by atoms with Gasteiger partial charge in [-0.15, -0.1) is 0 Å². The molecule has 32 heteroatoms. The van der Waals surface area contributed by atoms with E-state index in [1.807, 2.05) is 0 Å². The molecule has 0 fully saturated rings. The van der Waals surface area contributed by atoms with E-state index in [4.69, 9.17) is 35.6 Å². The van der Waals surface area contributed by atoms with E-state index in [0.29, 0.717) is 136 Å². The van der Waals surface area contributed by atoms with Gasteiger partial charge in [0.25, 0.3) is 16.7 Å². The first-order chi connectivity index (χ1) is 59.1. The van der Waals surface area contributed by atoms with Crippen LogP contribution >= 0.6 is 0 Å². The summed E-state index contributed by atoms with van der Waals surface area (Å²) in [6.07, 6.45) is 5.75. The predicted octanol–water partition coefficient (Wildman–Crippen LogP) is 13.0. The maximum Gasteiger partial charge on any atom is 0.343 e. The lowest BCUT2D eigenvalue weighted by atomic mass is 9.78. The molecule has 9 aromatic rings. The number of aryl methyl sites for hydroxylation is 2. The van der Waals surface area contributed by atoms with E-state index in [0.717, 1.165) is 44.2 Å². The van der Waals surface area contributed by atoms with E-state index in [-0.39, 0.29) is 250 Å². The summed E-state index contributed by atoms with van der Waals surface area (Å²) in [5.41, 5.74) is 20.2. The molecule has 0 saturated carbocycles. The smallest absolute Gasteiger partial charge is 0.343 e. The summed E-state index contributed by atoms with van der Waals surface area (Å²) in [6, 6.07) is 9.42. The zero-order valence-corrected chi connectivity index (χ0v) is 70.8. The number of benzene rings is 4. The molecule has 4 aliphatic carbocycles. The van der Waals surface area contributed by atoms with Crippen molar-refractivity contribution in [3.8, 4) is 22.8 Å². The number of anilines is 2. The largest absolute Gasteiger partial charge is 0.458 e. The predicted molar refractivity (Wildman–Crippen MR) is 473 cm³/mol. The topological polar surface area (TPSA) is 427 Å². The first-order valence-electron chi connectivity index (χ1n) is 41.7. The second-order valence-electron chi connectivity index (χ2n) is 33.9.